The molecule has 144 valence electrons. The van der Waals surface area contributed by atoms with Crippen molar-refractivity contribution < 1.29 is 18.3 Å². The molecule has 1 heterocycles. The minimum Gasteiger partial charge on any atom is -0.489 e. The molecule has 2 N–H and O–H groups in total. The Kier molecular flexibility index (Phi) is 5.84. The number of rotatable bonds is 6. The summed E-state index contributed by atoms with van der Waals surface area (Å²) in [5.74, 6) is -1.51. The third kappa shape index (κ3) is 4.82. The molecule has 0 aliphatic heterocycles. The van der Waals surface area contributed by atoms with Crippen molar-refractivity contribution in [2.45, 2.75) is 20.0 Å². The van der Waals surface area contributed by atoms with Gasteiger partial charge in [0.1, 0.15) is 23.1 Å². The van der Waals surface area contributed by atoms with Gasteiger partial charge in [-0.2, -0.15) is 0 Å². The molecule has 0 unspecified atom stereocenters. The molecule has 3 aromatic rings. The Bertz CT molecular complexity index is 993. The number of pyridine rings is 1. The lowest BCUT2D eigenvalue weighted by Crippen LogP contribution is -2.15. The SMILES string of the molecule is CC(C)Oc1ccccc1Nc1ccnc(C(=O)Nc2ccc(F)cc2F)c1. The molecule has 1 aromatic heterocycles. The largest absolute Gasteiger partial charge is 0.489 e. The van der Waals surface area contributed by atoms with Crippen LogP contribution < -0.4 is 15.4 Å². The van der Waals surface area contributed by atoms with Gasteiger partial charge in [-0.15, -0.1) is 0 Å². The lowest BCUT2D eigenvalue weighted by molar-refractivity contribution is 0.102. The number of hydrogen-bond donors (Lipinski definition) is 2. The number of nitrogens with zero attached hydrogens (tertiary/aromatic N) is 1. The number of carbonyl (C=O) groups excluding carboxylic acids is 1. The van der Waals surface area contributed by atoms with E-state index in [4.69, 9.17) is 4.74 Å². The second-order valence-corrected chi connectivity index (χ2v) is 6.30. The maximum absolute atomic E-state index is 13.7. The van der Waals surface area contributed by atoms with E-state index >= 15 is 0 Å². The lowest BCUT2D eigenvalue weighted by atomic mass is 10.2. The zero-order chi connectivity index (χ0) is 20.1. The molecule has 0 aliphatic carbocycles. The highest BCUT2D eigenvalue weighted by molar-refractivity contribution is 6.03. The number of anilines is 3. The molecule has 0 spiro atoms. The fraction of sp³-hybridized carbons (Fsp3) is 0.143. The van der Waals surface area contributed by atoms with E-state index in [2.05, 4.69) is 15.6 Å². The normalized spacial score (nSPS) is 10.6. The summed E-state index contributed by atoms with van der Waals surface area (Å²) in [4.78, 5) is 16.4. The zero-order valence-corrected chi connectivity index (χ0v) is 15.4. The van der Waals surface area contributed by atoms with Crippen LogP contribution in [0.15, 0.2) is 60.8 Å². The van der Waals surface area contributed by atoms with Crippen LogP contribution in [0.4, 0.5) is 25.8 Å². The topological polar surface area (TPSA) is 63.2 Å². The lowest BCUT2D eigenvalue weighted by Gasteiger charge is -2.15. The number of ether oxygens (including phenoxy) is 1. The van der Waals surface area contributed by atoms with Gasteiger partial charge in [-0.05, 0) is 50.2 Å². The van der Waals surface area contributed by atoms with Gasteiger partial charge in [0.05, 0.1) is 17.5 Å². The Morgan fingerprint density at radius 1 is 1.04 bits per heavy atom. The van der Waals surface area contributed by atoms with E-state index in [1.807, 2.05) is 38.1 Å². The first-order chi connectivity index (χ1) is 13.4. The van der Waals surface area contributed by atoms with Gasteiger partial charge >= 0.3 is 0 Å². The van der Waals surface area contributed by atoms with Crippen LogP contribution in [0.1, 0.15) is 24.3 Å². The summed E-state index contributed by atoms with van der Waals surface area (Å²) < 4.78 is 32.5. The van der Waals surface area contributed by atoms with Gasteiger partial charge in [0.15, 0.2) is 0 Å². The molecular weight excluding hydrogens is 364 g/mol. The van der Waals surface area contributed by atoms with E-state index < -0.39 is 17.5 Å². The first kappa shape index (κ1) is 19.3. The number of hydrogen-bond acceptors (Lipinski definition) is 4. The molecular formula is C21H19F2N3O2. The highest BCUT2D eigenvalue weighted by Crippen LogP contribution is 2.28. The summed E-state index contributed by atoms with van der Waals surface area (Å²) in [6.45, 7) is 3.86. The molecule has 0 fully saturated rings. The second-order valence-electron chi connectivity index (χ2n) is 6.30. The Labute approximate surface area is 161 Å². The van der Waals surface area contributed by atoms with Crippen molar-refractivity contribution in [2.75, 3.05) is 10.6 Å². The number of benzene rings is 2. The van der Waals surface area contributed by atoms with Gasteiger partial charge in [0.25, 0.3) is 5.91 Å². The van der Waals surface area contributed by atoms with E-state index in [0.29, 0.717) is 17.5 Å². The Balaban J connectivity index is 1.78. The van der Waals surface area contributed by atoms with Gasteiger partial charge in [-0.25, -0.2) is 8.78 Å². The molecule has 0 saturated carbocycles. The van der Waals surface area contributed by atoms with Crippen molar-refractivity contribution in [2.24, 2.45) is 0 Å². The minimum absolute atomic E-state index is 0.00679. The Morgan fingerprint density at radius 3 is 2.57 bits per heavy atom. The van der Waals surface area contributed by atoms with Crippen molar-refractivity contribution in [3.05, 3.63) is 78.1 Å². The first-order valence-electron chi connectivity index (χ1n) is 8.67. The monoisotopic (exact) mass is 383 g/mol. The maximum Gasteiger partial charge on any atom is 0.274 e. The standard InChI is InChI=1S/C21H19F2N3O2/c1-13(2)28-20-6-4-3-5-18(20)25-15-9-10-24-19(12-15)21(27)26-17-8-7-14(22)11-16(17)23/h3-13H,1-2H3,(H,24,25)(H,26,27). The van der Waals surface area contributed by atoms with Crippen LogP contribution in [-0.2, 0) is 0 Å². The average molecular weight is 383 g/mol. The van der Waals surface area contributed by atoms with Gasteiger partial charge in [0.2, 0.25) is 0 Å². The van der Waals surface area contributed by atoms with Crippen molar-refractivity contribution in [3.8, 4) is 5.75 Å². The summed E-state index contributed by atoms with van der Waals surface area (Å²) in [6.07, 6.45) is 1.47. The summed E-state index contributed by atoms with van der Waals surface area (Å²) in [5.41, 5.74) is 1.30. The van der Waals surface area contributed by atoms with E-state index in [-0.39, 0.29) is 17.5 Å². The predicted octanol–water partition coefficient (Wildman–Crippen LogP) is 5.14. The molecule has 7 heteroatoms. The number of aromatic nitrogens is 1. The number of amides is 1. The van der Waals surface area contributed by atoms with E-state index in [1.165, 1.54) is 12.3 Å². The maximum atomic E-state index is 13.7. The number of para-hydroxylation sites is 2. The summed E-state index contributed by atoms with van der Waals surface area (Å²) in [7, 11) is 0. The van der Waals surface area contributed by atoms with E-state index in [1.54, 1.807) is 6.07 Å². The minimum atomic E-state index is -0.859. The molecule has 0 radical (unpaired) electrons. The van der Waals surface area contributed by atoms with Crippen molar-refractivity contribution in [1.82, 2.24) is 4.98 Å². The quantitative estimate of drug-likeness (QED) is 0.618. The molecule has 0 atom stereocenters. The third-order valence-electron chi connectivity index (χ3n) is 3.70. The average Bonchev–Trinajstić information content (AvgIpc) is 2.65. The highest BCUT2D eigenvalue weighted by atomic mass is 19.1. The van der Waals surface area contributed by atoms with Crippen LogP contribution >= 0.6 is 0 Å². The number of halogens is 2. The summed E-state index contributed by atoms with van der Waals surface area (Å²) in [6, 6.07) is 13.6. The van der Waals surface area contributed by atoms with Crippen LogP contribution in [0.2, 0.25) is 0 Å². The van der Waals surface area contributed by atoms with Gasteiger partial charge in [-0.3, -0.25) is 9.78 Å². The highest BCUT2D eigenvalue weighted by Gasteiger charge is 2.13. The molecule has 2 aromatic carbocycles. The predicted molar refractivity (Wildman–Crippen MR) is 104 cm³/mol. The molecule has 5 nitrogen and oxygen atoms in total. The van der Waals surface area contributed by atoms with Gasteiger partial charge in [0, 0.05) is 18.0 Å². The molecule has 0 bridgehead atoms. The van der Waals surface area contributed by atoms with Crippen molar-refractivity contribution in [3.63, 3.8) is 0 Å². The smallest absolute Gasteiger partial charge is 0.274 e. The van der Waals surface area contributed by atoms with Crippen LogP contribution in [0, 0.1) is 11.6 Å². The van der Waals surface area contributed by atoms with E-state index in [0.717, 1.165) is 17.8 Å². The molecule has 0 aliphatic rings. The third-order valence-corrected chi connectivity index (χ3v) is 3.70. The molecule has 3 rings (SSSR count). The number of nitrogens with one attached hydrogen (secondary N) is 2. The fourth-order valence-electron chi connectivity index (χ4n) is 2.49. The molecule has 1 amide bonds. The fourth-order valence-corrected chi connectivity index (χ4v) is 2.49. The van der Waals surface area contributed by atoms with Crippen molar-refractivity contribution in [1.29, 1.82) is 0 Å². The zero-order valence-electron chi connectivity index (χ0n) is 15.4. The Morgan fingerprint density at radius 2 is 1.82 bits per heavy atom. The van der Waals surface area contributed by atoms with Crippen molar-refractivity contribution >= 4 is 23.0 Å². The van der Waals surface area contributed by atoms with E-state index in [9.17, 15) is 13.6 Å². The van der Waals surface area contributed by atoms with Gasteiger partial charge in [-0.1, -0.05) is 12.1 Å². The van der Waals surface area contributed by atoms with Gasteiger partial charge < -0.3 is 15.4 Å². The van der Waals surface area contributed by atoms with Crippen LogP contribution in [0.5, 0.6) is 5.75 Å². The number of carbonyl (C=O) groups is 1. The van der Waals surface area contributed by atoms with Crippen LogP contribution in [-0.4, -0.2) is 17.0 Å². The first-order valence-corrected chi connectivity index (χ1v) is 8.67. The Hall–Kier alpha value is -3.48. The van der Waals surface area contributed by atoms with Crippen LogP contribution in [0.3, 0.4) is 0 Å². The molecule has 28 heavy (non-hydrogen) atoms. The molecule has 0 saturated heterocycles. The summed E-state index contributed by atoms with van der Waals surface area (Å²) in [5, 5.41) is 5.57. The summed E-state index contributed by atoms with van der Waals surface area (Å²) >= 11 is 0. The van der Waals surface area contributed by atoms with Crippen LogP contribution in [0.25, 0.3) is 0 Å². The second kappa shape index (κ2) is 8.47.